The number of carbonyl (C=O) groups excluding carboxylic acids is 1. The lowest BCUT2D eigenvalue weighted by Crippen LogP contribution is -2.48. The fraction of sp³-hybridized carbons (Fsp3) is 0.438. The van der Waals surface area contributed by atoms with E-state index >= 15 is 0 Å². The van der Waals surface area contributed by atoms with Crippen LogP contribution in [-0.2, 0) is 17.6 Å². The molecule has 1 fully saturated rings. The van der Waals surface area contributed by atoms with Gasteiger partial charge >= 0.3 is 6.18 Å². The topological polar surface area (TPSA) is 53.4 Å². The van der Waals surface area contributed by atoms with E-state index in [4.69, 9.17) is 23.8 Å². The zero-order chi connectivity index (χ0) is 20.3. The molecule has 12 heteroatoms. The highest BCUT2D eigenvalue weighted by molar-refractivity contribution is 7.73. The maximum absolute atomic E-state index is 12.9. The highest BCUT2D eigenvalue weighted by atomic mass is 35.5. The summed E-state index contributed by atoms with van der Waals surface area (Å²) in [4.78, 5) is 16.3. The van der Waals surface area contributed by atoms with E-state index in [0.29, 0.717) is 23.7 Å². The second kappa shape index (κ2) is 8.87. The lowest BCUT2D eigenvalue weighted by molar-refractivity contribution is -0.137. The Morgan fingerprint density at radius 3 is 2.54 bits per heavy atom. The first kappa shape index (κ1) is 21.2. The van der Waals surface area contributed by atoms with Crippen molar-refractivity contribution in [3.8, 4) is 0 Å². The summed E-state index contributed by atoms with van der Waals surface area (Å²) in [5.74, 6) is -0.370. The van der Waals surface area contributed by atoms with E-state index in [1.807, 2.05) is 4.90 Å². The number of amides is 1. The van der Waals surface area contributed by atoms with Crippen LogP contribution in [0.3, 0.4) is 0 Å². The normalized spacial score (nSPS) is 16.3. The van der Waals surface area contributed by atoms with Gasteiger partial charge in [0, 0.05) is 31.9 Å². The van der Waals surface area contributed by atoms with Crippen molar-refractivity contribution in [2.45, 2.75) is 12.8 Å². The van der Waals surface area contributed by atoms with Gasteiger partial charge in [0.25, 0.3) is 0 Å². The van der Waals surface area contributed by atoms with E-state index in [2.05, 4.69) is 15.3 Å². The Labute approximate surface area is 173 Å². The molecule has 1 saturated heterocycles. The number of nitrogens with one attached hydrogen (secondary N) is 1. The Balaban J connectivity index is 1.50. The van der Waals surface area contributed by atoms with Crippen LogP contribution in [0.25, 0.3) is 0 Å². The van der Waals surface area contributed by atoms with Crippen LogP contribution in [0.15, 0.2) is 23.7 Å². The number of anilines is 1. The van der Waals surface area contributed by atoms with Crippen LogP contribution in [0.1, 0.15) is 5.56 Å². The van der Waals surface area contributed by atoms with Gasteiger partial charge < -0.3 is 5.32 Å². The van der Waals surface area contributed by atoms with Crippen LogP contribution in [0.4, 0.5) is 18.9 Å². The van der Waals surface area contributed by atoms with Gasteiger partial charge in [-0.1, -0.05) is 22.9 Å². The van der Waals surface area contributed by atoms with Crippen molar-refractivity contribution in [1.82, 2.24) is 19.6 Å². The highest BCUT2D eigenvalue weighted by Crippen LogP contribution is 2.36. The standard InChI is InChI=1S/C16H17ClF3N5OS2/c17-13-2-1-11(7-12(13)16(18,19)20)22-14(26)8-23-3-5-24(6-4-23)10-25-15(27)28-9-21-25/h1-2,7,9H,3-6,8,10H2,(H,22,26). The molecule has 1 N–H and O–H groups in total. The fourth-order valence-corrected chi connectivity index (χ4v) is 3.77. The summed E-state index contributed by atoms with van der Waals surface area (Å²) in [7, 11) is 0. The van der Waals surface area contributed by atoms with Crippen molar-refractivity contribution in [3.05, 3.63) is 38.3 Å². The molecule has 0 bridgehead atoms. The summed E-state index contributed by atoms with van der Waals surface area (Å²) in [6.45, 7) is 3.53. The molecule has 1 aliphatic rings. The number of alkyl halides is 3. The second-order valence-electron chi connectivity index (χ2n) is 6.28. The van der Waals surface area contributed by atoms with Crippen molar-refractivity contribution >= 4 is 46.8 Å². The Morgan fingerprint density at radius 2 is 1.93 bits per heavy atom. The first-order valence-electron chi connectivity index (χ1n) is 8.34. The highest BCUT2D eigenvalue weighted by Gasteiger charge is 2.33. The van der Waals surface area contributed by atoms with Crippen LogP contribution >= 0.6 is 35.2 Å². The number of carbonyl (C=O) groups is 1. The molecule has 1 aromatic heterocycles. The number of piperazine rings is 1. The molecule has 6 nitrogen and oxygen atoms in total. The van der Waals surface area contributed by atoms with Gasteiger partial charge in [-0.15, -0.1) is 0 Å². The molecule has 0 aliphatic carbocycles. The molecule has 0 unspecified atom stereocenters. The number of benzene rings is 1. The quantitative estimate of drug-likeness (QED) is 0.704. The molecule has 2 heterocycles. The number of halogens is 4. The molecule has 28 heavy (non-hydrogen) atoms. The summed E-state index contributed by atoms with van der Waals surface area (Å²) in [6.07, 6.45) is -4.58. The lowest BCUT2D eigenvalue weighted by atomic mass is 10.2. The number of nitrogens with zero attached hydrogens (tertiary/aromatic N) is 4. The van der Waals surface area contributed by atoms with Crippen molar-refractivity contribution in [1.29, 1.82) is 0 Å². The van der Waals surface area contributed by atoms with Crippen molar-refractivity contribution in [3.63, 3.8) is 0 Å². The van der Waals surface area contributed by atoms with Crippen molar-refractivity contribution < 1.29 is 18.0 Å². The maximum atomic E-state index is 12.9. The SMILES string of the molecule is O=C(CN1CCN(Cn2ncsc2=S)CC1)Nc1ccc(Cl)c(C(F)(F)F)c1. The average molecular weight is 452 g/mol. The monoisotopic (exact) mass is 451 g/mol. The Kier molecular flexibility index (Phi) is 6.71. The first-order valence-corrected chi connectivity index (χ1v) is 10.0. The van der Waals surface area contributed by atoms with Crippen molar-refractivity contribution in [2.75, 3.05) is 38.0 Å². The average Bonchev–Trinajstić information content (AvgIpc) is 3.02. The minimum atomic E-state index is -4.58. The maximum Gasteiger partial charge on any atom is 0.417 e. The molecule has 1 amide bonds. The molecular formula is C16H17ClF3N5OS2. The van der Waals surface area contributed by atoms with Crippen molar-refractivity contribution in [2.24, 2.45) is 0 Å². The van der Waals surface area contributed by atoms with Gasteiger partial charge in [0.15, 0.2) is 3.95 Å². The molecule has 0 radical (unpaired) electrons. The van der Waals surface area contributed by atoms with Crippen LogP contribution in [-0.4, -0.2) is 58.2 Å². The van der Waals surface area contributed by atoms with E-state index in [1.54, 1.807) is 10.2 Å². The number of rotatable bonds is 5. The molecular weight excluding hydrogens is 435 g/mol. The first-order chi connectivity index (χ1) is 13.2. The van der Waals surface area contributed by atoms with E-state index in [9.17, 15) is 18.0 Å². The number of aromatic nitrogens is 2. The Bertz CT molecular complexity index is 893. The smallest absolute Gasteiger partial charge is 0.325 e. The van der Waals surface area contributed by atoms with Crippen LogP contribution in [0.5, 0.6) is 0 Å². The molecule has 0 spiro atoms. The Morgan fingerprint density at radius 1 is 1.25 bits per heavy atom. The molecule has 152 valence electrons. The zero-order valence-corrected chi connectivity index (χ0v) is 17.0. The fourth-order valence-electron chi connectivity index (χ4n) is 2.83. The zero-order valence-electron chi connectivity index (χ0n) is 14.6. The van der Waals surface area contributed by atoms with Crippen LogP contribution in [0, 0.1) is 3.95 Å². The van der Waals surface area contributed by atoms with Crippen LogP contribution < -0.4 is 5.32 Å². The summed E-state index contributed by atoms with van der Waals surface area (Å²) >= 11 is 12.2. The number of hydrogen-bond donors (Lipinski definition) is 1. The molecule has 1 aliphatic heterocycles. The van der Waals surface area contributed by atoms with Gasteiger partial charge in [-0.25, -0.2) is 4.68 Å². The van der Waals surface area contributed by atoms with Crippen LogP contribution in [0.2, 0.25) is 5.02 Å². The van der Waals surface area contributed by atoms with E-state index in [1.165, 1.54) is 17.4 Å². The summed E-state index contributed by atoms with van der Waals surface area (Å²) < 4.78 is 41.2. The van der Waals surface area contributed by atoms with E-state index < -0.39 is 16.8 Å². The predicted octanol–water partition coefficient (Wildman–Crippen LogP) is 3.56. The summed E-state index contributed by atoms with van der Waals surface area (Å²) in [6, 6.07) is 3.32. The third-order valence-corrected chi connectivity index (χ3v) is 5.71. The van der Waals surface area contributed by atoms with Gasteiger partial charge in [-0.05, 0) is 30.4 Å². The minimum Gasteiger partial charge on any atom is -0.325 e. The van der Waals surface area contributed by atoms with Gasteiger partial charge in [0.05, 0.1) is 23.8 Å². The lowest BCUT2D eigenvalue weighted by Gasteiger charge is -2.33. The van der Waals surface area contributed by atoms with Gasteiger partial charge in [0.2, 0.25) is 5.91 Å². The molecule has 0 saturated carbocycles. The number of hydrogen-bond acceptors (Lipinski definition) is 6. The van der Waals surface area contributed by atoms with E-state index in [-0.39, 0.29) is 18.1 Å². The molecule has 0 atom stereocenters. The predicted molar refractivity (Wildman–Crippen MR) is 104 cm³/mol. The molecule has 1 aromatic carbocycles. The largest absolute Gasteiger partial charge is 0.417 e. The summed E-state index contributed by atoms with van der Waals surface area (Å²) in [5, 5.41) is 6.28. The van der Waals surface area contributed by atoms with Gasteiger partial charge in [0.1, 0.15) is 5.51 Å². The third-order valence-electron chi connectivity index (χ3n) is 4.27. The molecule has 2 aromatic rings. The minimum absolute atomic E-state index is 0.0678. The van der Waals surface area contributed by atoms with Gasteiger partial charge in [-0.3, -0.25) is 14.6 Å². The Hall–Kier alpha value is -1.53. The van der Waals surface area contributed by atoms with E-state index in [0.717, 1.165) is 25.2 Å². The third kappa shape index (κ3) is 5.51. The van der Waals surface area contributed by atoms with Gasteiger partial charge in [-0.2, -0.15) is 18.3 Å². The summed E-state index contributed by atoms with van der Waals surface area (Å²) in [5.41, 5.74) is 0.795. The molecule has 3 rings (SSSR count). The second-order valence-corrected chi connectivity index (χ2v) is 8.17.